The molecule has 2 saturated heterocycles. The van der Waals surface area contributed by atoms with E-state index < -0.39 is 11.9 Å². The first-order chi connectivity index (χ1) is 15.6. The van der Waals surface area contributed by atoms with Crippen LogP contribution >= 0.6 is 0 Å². The Morgan fingerprint density at radius 1 is 0.750 bits per heavy atom. The second kappa shape index (κ2) is 11.9. The number of nitrogens with zero attached hydrogens (tertiary/aromatic N) is 6. The summed E-state index contributed by atoms with van der Waals surface area (Å²) in [6.07, 6.45) is 3.16. The molecule has 0 radical (unpaired) electrons. The molecule has 2 fully saturated rings. The number of ether oxygens (including phenoxy) is 2. The summed E-state index contributed by atoms with van der Waals surface area (Å²) < 4.78 is 9.17. The van der Waals surface area contributed by atoms with Crippen LogP contribution in [0.5, 0.6) is 0 Å². The van der Waals surface area contributed by atoms with E-state index in [2.05, 4.69) is 49.8 Å². The highest BCUT2D eigenvalue weighted by molar-refractivity contribution is 5.85. The zero-order chi connectivity index (χ0) is 22.8. The third-order valence-electron chi connectivity index (χ3n) is 4.90. The van der Waals surface area contributed by atoms with E-state index in [1.165, 1.54) is 14.2 Å². The third kappa shape index (κ3) is 6.31. The molecule has 0 spiro atoms. The number of hydrogen-bond donors (Lipinski definition) is 2. The largest absolute Gasteiger partial charge is 0.463 e. The lowest BCUT2D eigenvalue weighted by molar-refractivity contribution is 0.0578. The quantitative estimate of drug-likeness (QED) is 0.580. The van der Waals surface area contributed by atoms with Crippen molar-refractivity contribution in [3.05, 3.63) is 36.2 Å². The Bertz CT molecular complexity index is 827. The van der Waals surface area contributed by atoms with Gasteiger partial charge in [-0.05, 0) is 12.1 Å². The molecule has 0 saturated carbocycles. The lowest BCUT2D eigenvalue weighted by Gasteiger charge is -2.28. The number of hydrogen-bond acceptors (Lipinski definition) is 12. The van der Waals surface area contributed by atoms with E-state index >= 15 is 0 Å². The van der Waals surface area contributed by atoms with E-state index in [1.807, 2.05) is 0 Å². The molecule has 4 heterocycles. The van der Waals surface area contributed by atoms with Crippen LogP contribution in [0.15, 0.2) is 24.5 Å². The van der Waals surface area contributed by atoms with Crippen LogP contribution in [0.4, 0.5) is 11.6 Å². The van der Waals surface area contributed by atoms with Gasteiger partial charge >= 0.3 is 11.9 Å². The van der Waals surface area contributed by atoms with E-state index in [0.29, 0.717) is 0 Å². The Kier molecular flexibility index (Phi) is 8.63. The van der Waals surface area contributed by atoms with Crippen molar-refractivity contribution in [2.75, 3.05) is 76.4 Å². The van der Waals surface area contributed by atoms with Crippen LogP contribution in [-0.4, -0.2) is 98.5 Å². The molecular formula is C20H28N8O4. The standard InChI is InChI=1S/2C10H14N4O2/c2*1-16-10(15)9-12-3-2-8(13-9)14-6-4-11-5-7-14/h2*2-3,11H,4-7H2,1H3. The molecular weight excluding hydrogens is 416 g/mol. The molecule has 0 bridgehead atoms. The fraction of sp³-hybridized carbons (Fsp3) is 0.500. The molecule has 0 aliphatic carbocycles. The van der Waals surface area contributed by atoms with Crippen LogP contribution < -0.4 is 20.4 Å². The highest BCUT2D eigenvalue weighted by Crippen LogP contribution is 2.11. The van der Waals surface area contributed by atoms with Crippen LogP contribution in [0.3, 0.4) is 0 Å². The molecule has 12 nitrogen and oxygen atoms in total. The van der Waals surface area contributed by atoms with Gasteiger partial charge in [-0.15, -0.1) is 0 Å². The lowest BCUT2D eigenvalue weighted by Crippen LogP contribution is -2.44. The number of nitrogens with one attached hydrogen (secondary N) is 2. The first kappa shape index (κ1) is 23.3. The number of aromatic nitrogens is 4. The Balaban J connectivity index is 0.000000181. The van der Waals surface area contributed by atoms with Crippen LogP contribution in [0, 0.1) is 0 Å². The minimum absolute atomic E-state index is 0.110. The van der Waals surface area contributed by atoms with Crippen LogP contribution in [-0.2, 0) is 9.47 Å². The van der Waals surface area contributed by atoms with Crippen molar-refractivity contribution in [2.45, 2.75) is 0 Å². The van der Waals surface area contributed by atoms with Gasteiger partial charge in [0, 0.05) is 64.8 Å². The number of esters is 2. The average Bonchev–Trinajstić information content (AvgIpc) is 2.89. The molecule has 2 N–H and O–H groups in total. The number of piperazine rings is 2. The molecule has 2 aliphatic rings. The summed E-state index contributed by atoms with van der Waals surface area (Å²) in [5.41, 5.74) is 0. The Hall–Kier alpha value is -3.38. The van der Waals surface area contributed by atoms with E-state index in [0.717, 1.165) is 64.0 Å². The number of methoxy groups -OCH3 is 2. The zero-order valence-corrected chi connectivity index (χ0v) is 18.3. The topological polar surface area (TPSA) is 135 Å². The second-order valence-electron chi connectivity index (χ2n) is 6.93. The smallest absolute Gasteiger partial charge is 0.376 e. The van der Waals surface area contributed by atoms with E-state index in [4.69, 9.17) is 0 Å². The molecule has 32 heavy (non-hydrogen) atoms. The molecule has 12 heteroatoms. The van der Waals surface area contributed by atoms with E-state index in [1.54, 1.807) is 24.5 Å². The summed E-state index contributed by atoms with van der Waals surface area (Å²) in [6, 6.07) is 3.61. The maximum atomic E-state index is 11.3. The SMILES string of the molecule is COC(=O)c1nccc(N2CCNCC2)n1.COC(=O)c1nccc(N2CCNCC2)n1. The van der Waals surface area contributed by atoms with Crippen molar-refractivity contribution in [3.8, 4) is 0 Å². The van der Waals surface area contributed by atoms with Gasteiger partial charge in [0.15, 0.2) is 0 Å². The fourth-order valence-corrected chi connectivity index (χ4v) is 3.22. The first-order valence-corrected chi connectivity index (χ1v) is 10.4. The fourth-order valence-electron chi connectivity index (χ4n) is 3.22. The van der Waals surface area contributed by atoms with Crippen LogP contribution in [0.1, 0.15) is 21.2 Å². The predicted octanol–water partition coefficient (Wildman–Crippen LogP) is -0.654. The van der Waals surface area contributed by atoms with Crippen molar-refractivity contribution in [1.82, 2.24) is 30.6 Å². The van der Waals surface area contributed by atoms with Gasteiger partial charge in [0.05, 0.1) is 14.2 Å². The molecule has 0 amide bonds. The number of rotatable bonds is 4. The van der Waals surface area contributed by atoms with Gasteiger partial charge in [-0.1, -0.05) is 0 Å². The molecule has 2 aromatic heterocycles. The summed E-state index contributed by atoms with van der Waals surface area (Å²) in [5, 5.41) is 6.51. The van der Waals surface area contributed by atoms with Crippen molar-refractivity contribution >= 4 is 23.6 Å². The molecule has 4 rings (SSSR count). The highest BCUT2D eigenvalue weighted by atomic mass is 16.5. The van der Waals surface area contributed by atoms with Gasteiger partial charge in [0.25, 0.3) is 0 Å². The first-order valence-electron chi connectivity index (χ1n) is 10.4. The van der Waals surface area contributed by atoms with Crippen molar-refractivity contribution in [1.29, 1.82) is 0 Å². The van der Waals surface area contributed by atoms with Gasteiger partial charge in [0.2, 0.25) is 11.6 Å². The lowest BCUT2D eigenvalue weighted by atomic mass is 10.3. The average molecular weight is 444 g/mol. The van der Waals surface area contributed by atoms with Gasteiger partial charge in [-0.25, -0.2) is 29.5 Å². The second-order valence-corrected chi connectivity index (χ2v) is 6.93. The molecule has 0 unspecified atom stereocenters. The van der Waals surface area contributed by atoms with Gasteiger partial charge < -0.3 is 29.9 Å². The molecule has 2 aliphatic heterocycles. The highest BCUT2D eigenvalue weighted by Gasteiger charge is 2.16. The minimum atomic E-state index is -0.503. The minimum Gasteiger partial charge on any atom is -0.463 e. The number of anilines is 2. The summed E-state index contributed by atoms with van der Waals surface area (Å²) in [6.45, 7) is 7.26. The van der Waals surface area contributed by atoms with Crippen molar-refractivity contribution < 1.29 is 19.1 Å². The maximum absolute atomic E-state index is 11.3. The van der Waals surface area contributed by atoms with Crippen LogP contribution in [0.25, 0.3) is 0 Å². The van der Waals surface area contributed by atoms with Gasteiger partial charge in [-0.2, -0.15) is 0 Å². The number of carbonyl (C=O) groups excluding carboxylic acids is 2. The monoisotopic (exact) mass is 444 g/mol. The molecule has 2 aromatic rings. The van der Waals surface area contributed by atoms with Gasteiger partial charge in [-0.3, -0.25) is 0 Å². The zero-order valence-electron chi connectivity index (χ0n) is 18.3. The molecule has 0 atom stereocenters. The maximum Gasteiger partial charge on any atom is 0.376 e. The van der Waals surface area contributed by atoms with E-state index in [9.17, 15) is 9.59 Å². The summed E-state index contributed by atoms with van der Waals surface area (Å²) in [7, 11) is 2.65. The molecule has 172 valence electrons. The van der Waals surface area contributed by atoms with Crippen molar-refractivity contribution in [3.63, 3.8) is 0 Å². The molecule has 0 aromatic carbocycles. The number of carbonyl (C=O) groups is 2. The Morgan fingerprint density at radius 3 is 1.47 bits per heavy atom. The normalized spacial score (nSPS) is 15.9. The van der Waals surface area contributed by atoms with Crippen molar-refractivity contribution in [2.24, 2.45) is 0 Å². The van der Waals surface area contributed by atoms with Gasteiger partial charge in [0.1, 0.15) is 11.6 Å². The summed E-state index contributed by atoms with van der Waals surface area (Å²) in [4.78, 5) is 42.9. The van der Waals surface area contributed by atoms with E-state index in [-0.39, 0.29) is 11.6 Å². The van der Waals surface area contributed by atoms with Crippen LogP contribution in [0.2, 0.25) is 0 Å². The predicted molar refractivity (Wildman–Crippen MR) is 117 cm³/mol. The Morgan fingerprint density at radius 2 is 1.12 bits per heavy atom. The summed E-state index contributed by atoms with van der Waals surface area (Å²) >= 11 is 0. The Labute approximate surface area is 186 Å². The third-order valence-corrected chi connectivity index (χ3v) is 4.90. The summed E-state index contributed by atoms with van der Waals surface area (Å²) in [5.74, 6) is 0.764.